The van der Waals surface area contributed by atoms with E-state index >= 15 is 0 Å². The minimum atomic E-state index is -4.81. The van der Waals surface area contributed by atoms with Crippen LogP contribution in [-0.2, 0) is 29.5 Å². The summed E-state index contributed by atoms with van der Waals surface area (Å²) >= 11 is 12.8. The number of nitrogens with one attached hydrogen (secondary N) is 1. The molecule has 0 saturated heterocycles. The number of aromatic nitrogens is 2. The number of hydrogen-bond donors (Lipinski definition) is 1. The third-order valence-corrected chi connectivity index (χ3v) is 9.23. The van der Waals surface area contributed by atoms with Crippen molar-refractivity contribution >= 4 is 45.0 Å². The molecule has 1 amide bonds. The normalized spacial score (nSPS) is 13.6. The topological polar surface area (TPSA) is 118 Å². The molecular weight excluding hydrogens is 670 g/mol. The molecule has 4 aromatic rings. The van der Waals surface area contributed by atoms with E-state index in [4.69, 9.17) is 32.5 Å². The van der Waals surface area contributed by atoms with Gasteiger partial charge in [-0.25, -0.2) is 9.71 Å². The molecule has 1 N–H and O–H groups in total. The second-order valence-electron chi connectivity index (χ2n) is 10.8. The van der Waals surface area contributed by atoms with Crippen molar-refractivity contribution in [3.05, 3.63) is 92.8 Å². The number of ether oxygens (including phenoxy) is 1. The van der Waals surface area contributed by atoms with E-state index in [0.717, 1.165) is 17.1 Å². The van der Waals surface area contributed by atoms with Crippen molar-refractivity contribution in [2.75, 3.05) is 26.0 Å². The quantitative estimate of drug-likeness (QED) is 0.184. The molecule has 1 fully saturated rings. The SMILES string of the molecule is CN(Cc1ccc(C(=O)NS(=O)(=O)N(C)C)cc1)c1ccc(OCc2c(-c3c(Cl)cccc3Cl)noc2C2CC2)nc1C(F)(F)F. The van der Waals surface area contributed by atoms with Crippen LogP contribution >= 0.6 is 23.2 Å². The van der Waals surface area contributed by atoms with E-state index in [-0.39, 0.29) is 36.2 Å². The van der Waals surface area contributed by atoms with Crippen LogP contribution in [0.25, 0.3) is 11.3 Å². The van der Waals surface area contributed by atoms with Crippen molar-refractivity contribution < 1.29 is 35.6 Å². The summed E-state index contributed by atoms with van der Waals surface area (Å²) in [6.07, 6.45) is -3.05. The molecule has 0 atom stereocenters. The Kier molecular flexibility index (Phi) is 9.55. The fourth-order valence-electron chi connectivity index (χ4n) is 4.61. The van der Waals surface area contributed by atoms with Gasteiger partial charge in [-0.2, -0.15) is 25.9 Å². The van der Waals surface area contributed by atoms with Gasteiger partial charge in [0.1, 0.15) is 18.1 Å². The van der Waals surface area contributed by atoms with Crippen LogP contribution in [0.5, 0.6) is 5.88 Å². The highest BCUT2D eigenvalue weighted by Crippen LogP contribution is 2.46. The molecule has 2 aromatic carbocycles. The number of amides is 1. The van der Waals surface area contributed by atoms with Crippen molar-refractivity contribution in [2.24, 2.45) is 0 Å². The van der Waals surface area contributed by atoms with Gasteiger partial charge >= 0.3 is 16.4 Å². The molecule has 1 aliphatic carbocycles. The van der Waals surface area contributed by atoms with Gasteiger partial charge in [0.2, 0.25) is 5.88 Å². The highest BCUT2D eigenvalue weighted by atomic mass is 35.5. The number of carbonyl (C=O) groups excluding carboxylic acids is 1. The van der Waals surface area contributed by atoms with Gasteiger partial charge in [0, 0.05) is 50.8 Å². The molecule has 5 rings (SSSR count). The number of alkyl halides is 3. The van der Waals surface area contributed by atoms with Crippen LogP contribution in [0.15, 0.2) is 59.1 Å². The van der Waals surface area contributed by atoms with Crippen molar-refractivity contribution in [1.29, 1.82) is 0 Å². The summed E-state index contributed by atoms with van der Waals surface area (Å²) in [6.45, 7) is -0.155. The van der Waals surface area contributed by atoms with Gasteiger partial charge in [0.15, 0.2) is 5.69 Å². The molecule has 1 saturated carbocycles. The summed E-state index contributed by atoms with van der Waals surface area (Å²) in [5.41, 5.74) is 0.597. The van der Waals surface area contributed by atoms with Crippen LogP contribution in [0.2, 0.25) is 10.0 Å². The predicted molar refractivity (Wildman–Crippen MR) is 166 cm³/mol. The second kappa shape index (κ2) is 13.1. The number of benzene rings is 2. The van der Waals surface area contributed by atoms with Gasteiger partial charge in [-0.05, 0) is 48.7 Å². The van der Waals surface area contributed by atoms with Crippen molar-refractivity contribution in [2.45, 2.75) is 38.1 Å². The van der Waals surface area contributed by atoms with Crippen LogP contribution < -0.4 is 14.4 Å². The third-order valence-electron chi connectivity index (χ3n) is 7.20. The van der Waals surface area contributed by atoms with Crippen LogP contribution in [0.3, 0.4) is 0 Å². The lowest BCUT2D eigenvalue weighted by Crippen LogP contribution is -2.39. The fourth-order valence-corrected chi connectivity index (χ4v) is 5.72. The smallest absolute Gasteiger partial charge is 0.435 e. The Hall–Kier alpha value is -3.85. The van der Waals surface area contributed by atoms with Crippen LogP contribution in [0.4, 0.5) is 18.9 Å². The number of rotatable bonds is 11. The third kappa shape index (κ3) is 7.41. The zero-order chi connectivity index (χ0) is 33.4. The van der Waals surface area contributed by atoms with Crippen LogP contribution in [0.1, 0.15) is 51.7 Å². The molecule has 46 heavy (non-hydrogen) atoms. The molecule has 16 heteroatoms. The molecule has 1 aliphatic rings. The van der Waals surface area contributed by atoms with E-state index in [0.29, 0.717) is 38.2 Å². The van der Waals surface area contributed by atoms with E-state index in [9.17, 15) is 26.4 Å². The molecule has 0 unspecified atom stereocenters. The lowest BCUT2D eigenvalue weighted by molar-refractivity contribution is -0.140. The number of anilines is 1. The number of hydrogen-bond acceptors (Lipinski definition) is 8. The Morgan fingerprint density at radius 1 is 1.04 bits per heavy atom. The molecule has 0 spiro atoms. The highest BCUT2D eigenvalue weighted by molar-refractivity contribution is 7.87. The highest BCUT2D eigenvalue weighted by Gasteiger charge is 2.38. The standard InChI is InChI=1S/C30H28Cl2F3N5O5S/c1-39(2)46(42,43)38-29(41)19-9-7-17(8-10-19)15-40(3)23-13-14-24(36-28(23)30(33,34)35)44-16-20-26(37-45-27(20)18-11-12-18)25-21(31)5-4-6-22(25)32/h4-10,13-14,18H,11-12,15-16H2,1-3H3,(H,38,41). The first kappa shape index (κ1) is 33.5. The maximum atomic E-state index is 14.2. The number of nitrogens with zero attached hydrogens (tertiary/aromatic N) is 4. The summed E-state index contributed by atoms with van der Waals surface area (Å²) in [7, 11) is 0.0224. The van der Waals surface area contributed by atoms with Crippen molar-refractivity contribution in [3.8, 4) is 17.1 Å². The lowest BCUT2D eigenvalue weighted by atomic mass is 10.0. The maximum Gasteiger partial charge on any atom is 0.435 e. The van der Waals surface area contributed by atoms with E-state index in [2.05, 4.69) is 10.1 Å². The summed E-state index contributed by atoms with van der Waals surface area (Å²) in [5.74, 6) is -0.413. The summed E-state index contributed by atoms with van der Waals surface area (Å²) < 4.78 is 80.7. The van der Waals surface area contributed by atoms with Crippen molar-refractivity contribution in [1.82, 2.24) is 19.2 Å². The zero-order valence-corrected chi connectivity index (χ0v) is 27.1. The van der Waals surface area contributed by atoms with Gasteiger partial charge in [-0.1, -0.05) is 46.6 Å². The molecule has 2 heterocycles. The second-order valence-corrected chi connectivity index (χ2v) is 13.5. The molecule has 2 aromatic heterocycles. The number of pyridine rings is 1. The Balaban J connectivity index is 1.34. The van der Waals surface area contributed by atoms with E-state index in [1.54, 1.807) is 18.2 Å². The monoisotopic (exact) mass is 697 g/mol. The van der Waals surface area contributed by atoms with E-state index in [1.807, 2.05) is 4.72 Å². The first-order valence-electron chi connectivity index (χ1n) is 13.8. The minimum absolute atomic E-state index is 0.0241. The molecular formula is C30H28Cl2F3N5O5S. The summed E-state index contributed by atoms with van der Waals surface area (Å²) in [6, 6.07) is 13.4. The molecule has 244 valence electrons. The number of halogens is 5. The van der Waals surface area contributed by atoms with Crippen LogP contribution in [0, 0.1) is 0 Å². The van der Waals surface area contributed by atoms with Crippen molar-refractivity contribution in [3.63, 3.8) is 0 Å². The van der Waals surface area contributed by atoms with Gasteiger partial charge in [-0.3, -0.25) is 4.79 Å². The van der Waals surface area contributed by atoms with Gasteiger partial charge in [0.25, 0.3) is 5.91 Å². The summed E-state index contributed by atoms with van der Waals surface area (Å²) in [4.78, 5) is 17.5. The predicted octanol–water partition coefficient (Wildman–Crippen LogP) is 6.69. The Labute approximate surface area is 273 Å². The summed E-state index contributed by atoms with van der Waals surface area (Å²) in [5, 5.41) is 4.85. The fraction of sp³-hybridized carbons (Fsp3) is 0.300. The largest absolute Gasteiger partial charge is 0.473 e. The molecule has 10 nitrogen and oxygen atoms in total. The van der Waals surface area contributed by atoms with Gasteiger partial charge in [-0.15, -0.1) is 0 Å². The Bertz CT molecular complexity index is 1840. The molecule has 0 bridgehead atoms. The first-order valence-corrected chi connectivity index (χ1v) is 16.0. The number of carbonyl (C=O) groups is 1. The Morgan fingerprint density at radius 3 is 2.28 bits per heavy atom. The van der Waals surface area contributed by atoms with E-state index in [1.165, 1.54) is 62.4 Å². The van der Waals surface area contributed by atoms with Gasteiger partial charge < -0.3 is 14.2 Å². The zero-order valence-electron chi connectivity index (χ0n) is 24.7. The first-order chi connectivity index (χ1) is 21.7. The molecule has 0 aliphatic heterocycles. The van der Waals surface area contributed by atoms with E-state index < -0.39 is 28.0 Å². The van der Waals surface area contributed by atoms with Crippen LogP contribution in [-0.4, -0.2) is 49.9 Å². The maximum absolute atomic E-state index is 14.2. The average molecular weight is 699 g/mol. The average Bonchev–Trinajstić information content (AvgIpc) is 3.75. The van der Waals surface area contributed by atoms with Gasteiger partial charge in [0.05, 0.1) is 21.3 Å². The molecule has 0 radical (unpaired) electrons. The Morgan fingerprint density at radius 2 is 1.70 bits per heavy atom. The lowest BCUT2D eigenvalue weighted by Gasteiger charge is -2.23. The minimum Gasteiger partial charge on any atom is -0.473 e.